The van der Waals surface area contributed by atoms with Gasteiger partial charge in [-0.25, -0.2) is 4.98 Å². The number of hydrogen-bond acceptors (Lipinski definition) is 5. The minimum Gasteiger partial charge on any atom is -0.493 e. The Kier molecular flexibility index (Phi) is 6.70. The van der Waals surface area contributed by atoms with E-state index in [4.69, 9.17) is 14.5 Å². The van der Waals surface area contributed by atoms with Crippen LogP contribution in [0.2, 0.25) is 0 Å². The third-order valence-corrected chi connectivity index (χ3v) is 5.92. The molecule has 148 valence electrons. The van der Waals surface area contributed by atoms with E-state index in [0.717, 1.165) is 48.3 Å². The monoisotopic (exact) mass is 396 g/mol. The number of fused-ring (bicyclic) bond motifs is 1. The lowest BCUT2D eigenvalue weighted by atomic mass is 9.98. The molecule has 2 heterocycles. The van der Waals surface area contributed by atoms with E-state index in [9.17, 15) is 0 Å². The van der Waals surface area contributed by atoms with Gasteiger partial charge in [-0.05, 0) is 49.1 Å². The Hall–Kier alpha value is -2.37. The Bertz CT molecular complexity index is 911. The Morgan fingerprint density at radius 1 is 1.21 bits per heavy atom. The molecule has 0 saturated carbocycles. The van der Waals surface area contributed by atoms with E-state index in [0.29, 0.717) is 0 Å². The summed E-state index contributed by atoms with van der Waals surface area (Å²) in [6.45, 7) is 10.7. The topological polar surface area (TPSA) is 34.6 Å². The van der Waals surface area contributed by atoms with Gasteiger partial charge in [0, 0.05) is 25.0 Å². The standard InChI is InChI=1S/C23H28N2O2S/c1-6-7-16(2)10-17(3)23-24-20(15-28-23)14-25-9-8-18-11-21(26-4)22(27-5)12-19(18)13-25/h6-7,10-12,15H,1,8-9,13-14H2,2-5H3/b16-7+,17-10+. The van der Waals surface area contributed by atoms with Crippen LogP contribution >= 0.6 is 11.3 Å². The first-order valence-corrected chi connectivity index (χ1v) is 10.3. The number of allylic oxidation sites excluding steroid dienone is 5. The van der Waals surface area contributed by atoms with Crippen LogP contribution in [0.1, 0.15) is 35.7 Å². The average molecular weight is 397 g/mol. The van der Waals surface area contributed by atoms with Crippen molar-refractivity contribution in [2.75, 3.05) is 20.8 Å². The normalized spacial score (nSPS) is 15.3. The first kappa shape index (κ1) is 20.4. The van der Waals surface area contributed by atoms with Crippen LogP contribution in [0, 0.1) is 0 Å². The molecule has 28 heavy (non-hydrogen) atoms. The summed E-state index contributed by atoms with van der Waals surface area (Å²) in [7, 11) is 3.37. The van der Waals surface area contributed by atoms with Gasteiger partial charge in [0.25, 0.3) is 0 Å². The molecule has 3 rings (SSSR count). The molecular formula is C23H28N2O2S. The maximum absolute atomic E-state index is 5.46. The molecule has 2 aromatic rings. The van der Waals surface area contributed by atoms with E-state index in [1.807, 2.05) is 12.2 Å². The highest BCUT2D eigenvalue weighted by molar-refractivity contribution is 7.10. The van der Waals surface area contributed by atoms with Crippen molar-refractivity contribution in [1.29, 1.82) is 0 Å². The van der Waals surface area contributed by atoms with E-state index in [1.165, 1.54) is 22.3 Å². The summed E-state index contributed by atoms with van der Waals surface area (Å²) < 4.78 is 10.9. The summed E-state index contributed by atoms with van der Waals surface area (Å²) >= 11 is 1.71. The number of rotatable bonds is 7. The SMILES string of the molecule is C=C/C=C(C)/C=C(\C)c1nc(CN2CCc3cc(OC)c(OC)cc3C2)cs1. The summed E-state index contributed by atoms with van der Waals surface area (Å²) in [5, 5.41) is 3.25. The molecule has 0 radical (unpaired) electrons. The molecule has 1 aliphatic rings. The molecule has 0 atom stereocenters. The van der Waals surface area contributed by atoms with Crippen LogP contribution in [0.5, 0.6) is 11.5 Å². The number of thiazole rings is 1. The number of nitrogens with zero attached hydrogens (tertiary/aromatic N) is 2. The highest BCUT2D eigenvalue weighted by atomic mass is 32.1. The Balaban J connectivity index is 1.70. The van der Waals surface area contributed by atoms with E-state index in [-0.39, 0.29) is 0 Å². The second kappa shape index (κ2) is 9.22. The predicted molar refractivity (Wildman–Crippen MR) is 117 cm³/mol. The first-order valence-electron chi connectivity index (χ1n) is 9.42. The average Bonchev–Trinajstić information content (AvgIpc) is 3.15. The van der Waals surface area contributed by atoms with Crippen LogP contribution in [0.15, 0.2) is 47.9 Å². The third kappa shape index (κ3) is 4.72. The number of hydrogen-bond donors (Lipinski definition) is 0. The molecule has 0 saturated heterocycles. The van der Waals surface area contributed by atoms with Crippen molar-refractivity contribution in [3.63, 3.8) is 0 Å². The lowest BCUT2D eigenvalue weighted by Gasteiger charge is -2.29. The zero-order valence-electron chi connectivity index (χ0n) is 17.1. The zero-order chi connectivity index (χ0) is 20.1. The fraction of sp³-hybridized carbons (Fsp3) is 0.348. The van der Waals surface area contributed by atoms with Gasteiger partial charge in [-0.15, -0.1) is 11.3 Å². The van der Waals surface area contributed by atoms with E-state index >= 15 is 0 Å². The van der Waals surface area contributed by atoms with Gasteiger partial charge in [-0.3, -0.25) is 4.90 Å². The first-order chi connectivity index (χ1) is 13.5. The minimum absolute atomic E-state index is 0.794. The molecule has 1 aromatic heterocycles. The highest BCUT2D eigenvalue weighted by Gasteiger charge is 2.20. The van der Waals surface area contributed by atoms with Crippen LogP contribution < -0.4 is 9.47 Å². The summed E-state index contributed by atoms with van der Waals surface area (Å²) in [5.41, 5.74) is 6.15. The Morgan fingerprint density at radius 3 is 2.61 bits per heavy atom. The smallest absolute Gasteiger partial charge is 0.161 e. The van der Waals surface area contributed by atoms with Crippen LogP contribution in [0.25, 0.3) is 5.57 Å². The van der Waals surface area contributed by atoms with Gasteiger partial charge in [0.15, 0.2) is 11.5 Å². The van der Waals surface area contributed by atoms with Gasteiger partial charge in [0.2, 0.25) is 0 Å². The molecule has 1 aliphatic heterocycles. The molecule has 0 fully saturated rings. The van der Waals surface area contributed by atoms with E-state index in [2.05, 4.69) is 48.9 Å². The fourth-order valence-electron chi connectivity index (χ4n) is 3.50. The van der Waals surface area contributed by atoms with E-state index in [1.54, 1.807) is 25.6 Å². The number of benzene rings is 1. The second-order valence-corrected chi connectivity index (χ2v) is 7.91. The van der Waals surface area contributed by atoms with Crippen molar-refractivity contribution < 1.29 is 9.47 Å². The molecule has 0 bridgehead atoms. The molecule has 5 heteroatoms. The lowest BCUT2D eigenvalue weighted by Crippen LogP contribution is -2.30. The van der Waals surface area contributed by atoms with Crippen molar-refractivity contribution in [2.45, 2.75) is 33.4 Å². The molecule has 0 spiro atoms. The molecule has 0 N–H and O–H groups in total. The van der Waals surface area contributed by atoms with Crippen molar-refractivity contribution in [3.05, 3.63) is 69.7 Å². The summed E-state index contributed by atoms with van der Waals surface area (Å²) in [6, 6.07) is 4.22. The van der Waals surface area contributed by atoms with E-state index < -0.39 is 0 Å². The largest absolute Gasteiger partial charge is 0.493 e. The van der Waals surface area contributed by atoms with Gasteiger partial charge in [-0.2, -0.15) is 0 Å². The third-order valence-electron chi connectivity index (χ3n) is 4.90. The molecule has 0 amide bonds. The van der Waals surface area contributed by atoms with Crippen LogP contribution in [-0.2, 0) is 19.5 Å². The number of methoxy groups -OCH3 is 2. The van der Waals surface area contributed by atoms with Crippen LogP contribution in [0.4, 0.5) is 0 Å². The molecule has 4 nitrogen and oxygen atoms in total. The van der Waals surface area contributed by atoms with Gasteiger partial charge in [0.05, 0.1) is 19.9 Å². The van der Waals surface area contributed by atoms with Gasteiger partial charge in [-0.1, -0.05) is 30.4 Å². The van der Waals surface area contributed by atoms with Gasteiger partial charge in [0.1, 0.15) is 5.01 Å². The van der Waals surface area contributed by atoms with Crippen LogP contribution in [0.3, 0.4) is 0 Å². The van der Waals surface area contributed by atoms with Crippen molar-refractivity contribution in [3.8, 4) is 11.5 Å². The summed E-state index contributed by atoms with van der Waals surface area (Å²) in [4.78, 5) is 7.28. The van der Waals surface area contributed by atoms with Gasteiger partial charge < -0.3 is 9.47 Å². The quantitative estimate of drug-likeness (QED) is 0.599. The fourth-order valence-corrected chi connectivity index (χ4v) is 4.29. The number of ether oxygens (including phenoxy) is 2. The molecule has 0 aliphatic carbocycles. The molecule has 1 aromatic carbocycles. The Labute approximate surface area is 171 Å². The van der Waals surface area contributed by atoms with Gasteiger partial charge >= 0.3 is 0 Å². The second-order valence-electron chi connectivity index (χ2n) is 7.05. The maximum Gasteiger partial charge on any atom is 0.161 e. The lowest BCUT2D eigenvalue weighted by molar-refractivity contribution is 0.241. The predicted octanol–water partition coefficient (Wildman–Crippen LogP) is 5.25. The molecule has 0 unspecified atom stereocenters. The Morgan fingerprint density at radius 2 is 1.93 bits per heavy atom. The van der Waals surface area contributed by atoms with Crippen LogP contribution in [-0.4, -0.2) is 30.6 Å². The van der Waals surface area contributed by atoms with Crippen molar-refractivity contribution >= 4 is 16.9 Å². The highest BCUT2D eigenvalue weighted by Crippen LogP contribution is 2.33. The zero-order valence-corrected chi connectivity index (χ0v) is 17.9. The number of aromatic nitrogens is 1. The minimum atomic E-state index is 0.794. The van der Waals surface area contributed by atoms with Crippen molar-refractivity contribution in [1.82, 2.24) is 9.88 Å². The summed E-state index contributed by atoms with van der Waals surface area (Å²) in [5.74, 6) is 1.60. The maximum atomic E-state index is 5.46. The van der Waals surface area contributed by atoms with Crippen molar-refractivity contribution in [2.24, 2.45) is 0 Å². The molecular weight excluding hydrogens is 368 g/mol. The summed E-state index contributed by atoms with van der Waals surface area (Å²) in [6.07, 6.45) is 6.98.